The molecule has 0 spiro atoms. The summed E-state index contributed by atoms with van der Waals surface area (Å²) < 4.78 is 5.20. The highest BCUT2D eigenvalue weighted by Crippen LogP contribution is 2.22. The third-order valence-electron chi connectivity index (χ3n) is 3.09. The van der Waals surface area contributed by atoms with Gasteiger partial charge in [-0.25, -0.2) is 0 Å². The van der Waals surface area contributed by atoms with E-state index in [0.717, 1.165) is 22.7 Å². The molecule has 0 radical (unpaired) electrons. The van der Waals surface area contributed by atoms with Crippen LogP contribution in [0.1, 0.15) is 15.9 Å². The largest absolute Gasteiger partial charge is 0.496 e. The zero-order valence-corrected chi connectivity index (χ0v) is 11.9. The van der Waals surface area contributed by atoms with E-state index in [1.807, 2.05) is 43.3 Å². The number of nitrogens with one attached hydrogen (secondary N) is 2. The number of benzene rings is 2. The third kappa shape index (κ3) is 2.91. The average Bonchev–Trinajstić information content (AvgIpc) is 2.47. The van der Waals surface area contributed by atoms with Crippen molar-refractivity contribution in [1.29, 1.82) is 0 Å². The lowest BCUT2D eigenvalue weighted by Gasteiger charge is -2.11. The Morgan fingerprint density at radius 1 is 1.15 bits per heavy atom. The molecule has 0 saturated heterocycles. The van der Waals surface area contributed by atoms with Crippen LogP contribution in [0.2, 0.25) is 0 Å². The van der Waals surface area contributed by atoms with Crippen molar-refractivity contribution in [3.63, 3.8) is 0 Å². The number of ether oxygens (including phenoxy) is 1. The molecular weight excluding hydrogens is 252 g/mol. The second-order valence-corrected chi connectivity index (χ2v) is 4.43. The van der Waals surface area contributed by atoms with Crippen molar-refractivity contribution in [3.8, 4) is 5.75 Å². The van der Waals surface area contributed by atoms with E-state index < -0.39 is 0 Å². The van der Waals surface area contributed by atoms with Crippen LogP contribution in [0.15, 0.2) is 42.5 Å². The Morgan fingerprint density at radius 2 is 1.90 bits per heavy atom. The molecule has 0 aliphatic heterocycles. The number of amides is 1. The molecule has 2 aromatic carbocycles. The van der Waals surface area contributed by atoms with Crippen LogP contribution in [-0.2, 0) is 0 Å². The van der Waals surface area contributed by atoms with Gasteiger partial charge in [-0.15, -0.1) is 0 Å². The molecule has 0 fully saturated rings. The predicted molar refractivity (Wildman–Crippen MR) is 81.7 cm³/mol. The molecule has 0 heterocycles. The van der Waals surface area contributed by atoms with Crippen LogP contribution in [0.4, 0.5) is 11.4 Å². The van der Waals surface area contributed by atoms with Crippen molar-refractivity contribution in [2.24, 2.45) is 0 Å². The number of carbonyl (C=O) groups excluding carboxylic acids is 1. The van der Waals surface area contributed by atoms with E-state index in [0.29, 0.717) is 5.56 Å². The summed E-state index contributed by atoms with van der Waals surface area (Å²) in [5.41, 5.74) is 3.14. The van der Waals surface area contributed by atoms with E-state index in [9.17, 15) is 4.79 Å². The summed E-state index contributed by atoms with van der Waals surface area (Å²) in [4.78, 5) is 12.3. The Bertz CT molecular complexity index is 624. The maximum Gasteiger partial charge on any atom is 0.257 e. The van der Waals surface area contributed by atoms with Crippen molar-refractivity contribution in [2.75, 3.05) is 24.8 Å². The Balaban J connectivity index is 2.21. The van der Waals surface area contributed by atoms with Gasteiger partial charge in [0.25, 0.3) is 5.91 Å². The van der Waals surface area contributed by atoms with Gasteiger partial charge in [0.05, 0.1) is 12.7 Å². The van der Waals surface area contributed by atoms with Crippen LogP contribution in [0.25, 0.3) is 0 Å². The summed E-state index contributed by atoms with van der Waals surface area (Å²) in [6.07, 6.45) is 0. The first-order chi connectivity index (χ1) is 9.65. The first-order valence-corrected chi connectivity index (χ1v) is 6.38. The molecular formula is C16H18N2O2. The van der Waals surface area contributed by atoms with Crippen LogP contribution in [0, 0.1) is 6.92 Å². The number of hydrogen-bond donors (Lipinski definition) is 2. The van der Waals surface area contributed by atoms with E-state index >= 15 is 0 Å². The van der Waals surface area contributed by atoms with Gasteiger partial charge in [-0.1, -0.05) is 12.1 Å². The topological polar surface area (TPSA) is 50.4 Å². The van der Waals surface area contributed by atoms with E-state index in [1.54, 1.807) is 20.2 Å². The molecule has 0 bridgehead atoms. The van der Waals surface area contributed by atoms with Gasteiger partial charge < -0.3 is 15.4 Å². The molecule has 0 saturated carbocycles. The molecule has 4 nitrogen and oxygen atoms in total. The lowest BCUT2D eigenvalue weighted by Crippen LogP contribution is -2.14. The lowest BCUT2D eigenvalue weighted by atomic mass is 10.1. The van der Waals surface area contributed by atoms with Crippen LogP contribution in [0.5, 0.6) is 5.75 Å². The Hall–Kier alpha value is -2.49. The van der Waals surface area contributed by atoms with Crippen LogP contribution in [0.3, 0.4) is 0 Å². The molecule has 1 amide bonds. The summed E-state index contributed by atoms with van der Waals surface area (Å²) in [6, 6.07) is 12.9. The van der Waals surface area contributed by atoms with Crippen molar-refractivity contribution in [3.05, 3.63) is 53.6 Å². The average molecular weight is 270 g/mol. The van der Waals surface area contributed by atoms with Crippen molar-refractivity contribution in [2.45, 2.75) is 6.92 Å². The predicted octanol–water partition coefficient (Wildman–Crippen LogP) is 3.30. The third-order valence-corrected chi connectivity index (χ3v) is 3.09. The maximum absolute atomic E-state index is 12.3. The van der Waals surface area contributed by atoms with Gasteiger partial charge in [0, 0.05) is 18.4 Å². The summed E-state index contributed by atoms with van der Waals surface area (Å²) in [5.74, 6) is 0.665. The summed E-state index contributed by atoms with van der Waals surface area (Å²) in [7, 11) is 3.42. The molecule has 0 aromatic heterocycles. The Kier molecular flexibility index (Phi) is 4.25. The molecule has 2 N–H and O–H groups in total. The second-order valence-electron chi connectivity index (χ2n) is 4.43. The number of anilines is 2. The molecule has 0 aliphatic carbocycles. The molecule has 0 aliphatic rings. The van der Waals surface area contributed by atoms with E-state index in [4.69, 9.17) is 4.74 Å². The second kappa shape index (κ2) is 6.10. The summed E-state index contributed by atoms with van der Waals surface area (Å²) in [5, 5.41) is 5.90. The first kappa shape index (κ1) is 13.9. The van der Waals surface area contributed by atoms with Gasteiger partial charge in [-0.05, 0) is 42.8 Å². The number of para-hydroxylation sites is 1. The molecule has 2 rings (SSSR count). The van der Waals surface area contributed by atoms with Gasteiger partial charge in [-0.2, -0.15) is 0 Å². The number of carbonyl (C=O) groups is 1. The van der Waals surface area contributed by atoms with Crippen LogP contribution in [-0.4, -0.2) is 20.1 Å². The van der Waals surface area contributed by atoms with Crippen molar-refractivity contribution >= 4 is 17.3 Å². The fourth-order valence-electron chi connectivity index (χ4n) is 2.05. The molecule has 20 heavy (non-hydrogen) atoms. The van der Waals surface area contributed by atoms with E-state index in [2.05, 4.69) is 10.6 Å². The molecule has 2 aromatic rings. The molecule has 4 heteroatoms. The zero-order valence-electron chi connectivity index (χ0n) is 11.9. The minimum absolute atomic E-state index is 0.139. The van der Waals surface area contributed by atoms with Crippen LogP contribution >= 0.6 is 0 Å². The van der Waals surface area contributed by atoms with Crippen molar-refractivity contribution < 1.29 is 9.53 Å². The van der Waals surface area contributed by atoms with Gasteiger partial charge in [0.2, 0.25) is 0 Å². The monoisotopic (exact) mass is 270 g/mol. The standard InChI is InChI=1S/C16H18N2O2/c1-11-10-12(8-9-15(11)20-3)18-16(19)13-6-4-5-7-14(13)17-2/h4-10,17H,1-3H3,(H,18,19). The Morgan fingerprint density at radius 3 is 2.55 bits per heavy atom. The molecule has 0 atom stereocenters. The summed E-state index contributed by atoms with van der Waals surface area (Å²) >= 11 is 0. The number of methoxy groups -OCH3 is 1. The first-order valence-electron chi connectivity index (χ1n) is 6.38. The van der Waals surface area contributed by atoms with Gasteiger partial charge >= 0.3 is 0 Å². The van der Waals surface area contributed by atoms with Gasteiger partial charge in [0.1, 0.15) is 5.75 Å². The smallest absolute Gasteiger partial charge is 0.257 e. The maximum atomic E-state index is 12.3. The minimum atomic E-state index is -0.139. The minimum Gasteiger partial charge on any atom is -0.496 e. The number of rotatable bonds is 4. The Labute approximate surface area is 118 Å². The zero-order chi connectivity index (χ0) is 14.5. The number of aryl methyl sites for hydroxylation is 1. The molecule has 0 unspecified atom stereocenters. The normalized spacial score (nSPS) is 9.95. The van der Waals surface area contributed by atoms with Gasteiger partial charge in [-0.3, -0.25) is 4.79 Å². The SMILES string of the molecule is CNc1ccccc1C(=O)Nc1ccc(OC)c(C)c1. The quantitative estimate of drug-likeness (QED) is 0.896. The fraction of sp³-hybridized carbons (Fsp3) is 0.188. The lowest BCUT2D eigenvalue weighted by molar-refractivity contribution is 0.102. The van der Waals surface area contributed by atoms with E-state index in [1.165, 1.54) is 0 Å². The fourth-order valence-corrected chi connectivity index (χ4v) is 2.05. The summed E-state index contributed by atoms with van der Waals surface area (Å²) in [6.45, 7) is 1.94. The highest BCUT2D eigenvalue weighted by molar-refractivity contribution is 6.08. The van der Waals surface area contributed by atoms with E-state index in [-0.39, 0.29) is 5.91 Å². The highest BCUT2D eigenvalue weighted by Gasteiger charge is 2.10. The molecule has 104 valence electrons. The van der Waals surface area contributed by atoms with Gasteiger partial charge in [0.15, 0.2) is 0 Å². The highest BCUT2D eigenvalue weighted by atomic mass is 16.5. The number of hydrogen-bond acceptors (Lipinski definition) is 3. The van der Waals surface area contributed by atoms with Crippen LogP contribution < -0.4 is 15.4 Å². The van der Waals surface area contributed by atoms with Crippen molar-refractivity contribution in [1.82, 2.24) is 0 Å².